The fourth-order valence-corrected chi connectivity index (χ4v) is 2.52. The zero-order valence-corrected chi connectivity index (χ0v) is 13.2. The molecule has 1 aromatic heterocycles. The van der Waals surface area contributed by atoms with Crippen molar-refractivity contribution in [1.82, 2.24) is 9.88 Å². The number of nitrogens with one attached hydrogen (secondary N) is 1. The lowest BCUT2D eigenvalue weighted by Gasteiger charge is -2.27. The van der Waals surface area contributed by atoms with E-state index < -0.39 is 0 Å². The van der Waals surface area contributed by atoms with Crippen LogP contribution in [0.2, 0.25) is 0 Å². The molecule has 1 amide bonds. The molecule has 1 heterocycles. The second-order valence-electron chi connectivity index (χ2n) is 5.18. The summed E-state index contributed by atoms with van der Waals surface area (Å²) in [5.74, 6) is 0.741. The molecule has 0 radical (unpaired) electrons. The first-order valence-electron chi connectivity index (χ1n) is 7.50. The summed E-state index contributed by atoms with van der Waals surface area (Å²) in [5.41, 5.74) is 0.500. The molecule has 0 spiro atoms. The van der Waals surface area contributed by atoms with Gasteiger partial charge >= 0.3 is 0 Å². The fraction of sp³-hybridized carbons (Fsp3) is 0.412. The first-order valence-corrected chi connectivity index (χ1v) is 7.50. The topological polar surface area (TPSA) is 45.2 Å². The molecule has 1 aromatic carbocycles. The van der Waals surface area contributed by atoms with E-state index in [1.54, 1.807) is 0 Å². The van der Waals surface area contributed by atoms with E-state index in [1.807, 2.05) is 49.2 Å². The molecule has 0 saturated heterocycles. The van der Waals surface area contributed by atoms with Crippen LogP contribution in [-0.4, -0.2) is 35.4 Å². The second kappa shape index (κ2) is 6.57. The molecule has 0 fully saturated rings. The van der Waals surface area contributed by atoms with E-state index in [1.165, 1.54) is 0 Å². The van der Waals surface area contributed by atoms with Gasteiger partial charge in [-0.1, -0.05) is 31.2 Å². The molecule has 1 N–H and O–H groups in total. The predicted molar refractivity (Wildman–Crippen MR) is 87.8 cm³/mol. The first kappa shape index (κ1) is 15.3. The van der Waals surface area contributed by atoms with Crippen LogP contribution < -0.4 is 5.32 Å². The summed E-state index contributed by atoms with van der Waals surface area (Å²) < 4.78 is 0. The summed E-state index contributed by atoms with van der Waals surface area (Å²) in [6.07, 6.45) is 0.937. The summed E-state index contributed by atoms with van der Waals surface area (Å²) in [6.45, 7) is 6.86. The number of benzene rings is 1. The van der Waals surface area contributed by atoms with Crippen molar-refractivity contribution in [1.29, 1.82) is 0 Å². The van der Waals surface area contributed by atoms with Crippen LogP contribution in [0.5, 0.6) is 0 Å². The highest BCUT2D eigenvalue weighted by Crippen LogP contribution is 2.23. The fourth-order valence-electron chi connectivity index (χ4n) is 2.52. The van der Waals surface area contributed by atoms with Crippen LogP contribution >= 0.6 is 0 Å². The van der Waals surface area contributed by atoms with Crippen LogP contribution in [0.1, 0.15) is 37.7 Å². The summed E-state index contributed by atoms with van der Waals surface area (Å²) in [4.78, 5) is 19.1. The van der Waals surface area contributed by atoms with Gasteiger partial charge in [0.25, 0.3) is 5.91 Å². The molecule has 0 aliphatic carbocycles. The molecule has 0 bridgehead atoms. The molecule has 4 nitrogen and oxygen atoms in total. The van der Waals surface area contributed by atoms with Gasteiger partial charge in [-0.15, -0.1) is 0 Å². The number of carbonyl (C=O) groups is 1. The molecule has 21 heavy (non-hydrogen) atoms. The van der Waals surface area contributed by atoms with Gasteiger partial charge in [0.2, 0.25) is 0 Å². The molecular formula is C17H23N3O. The van der Waals surface area contributed by atoms with E-state index >= 15 is 0 Å². The highest BCUT2D eigenvalue weighted by Gasteiger charge is 2.21. The maximum Gasteiger partial charge on any atom is 0.272 e. The van der Waals surface area contributed by atoms with Crippen molar-refractivity contribution in [2.45, 2.75) is 33.2 Å². The van der Waals surface area contributed by atoms with Crippen molar-refractivity contribution in [3.05, 3.63) is 36.0 Å². The van der Waals surface area contributed by atoms with E-state index in [0.717, 1.165) is 23.0 Å². The lowest BCUT2D eigenvalue weighted by atomic mass is 10.1. The zero-order chi connectivity index (χ0) is 15.4. The Labute approximate surface area is 126 Å². The van der Waals surface area contributed by atoms with Crippen molar-refractivity contribution in [2.75, 3.05) is 18.9 Å². The lowest BCUT2D eigenvalue weighted by molar-refractivity contribution is 0.0694. The minimum absolute atomic E-state index is 0.00546. The van der Waals surface area contributed by atoms with E-state index in [9.17, 15) is 4.79 Å². The number of pyridine rings is 1. The van der Waals surface area contributed by atoms with Gasteiger partial charge in [-0.3, -0.25) is 4.79 Å². The molecule has 112 valence electrons. The predicted octanol–water partition coefficient (Wildman–Crippen LogP) is 3.54. The maximum absolute atomic E-state index is 12.7. The van der Waals surface area contributed by atoms with E-state index in [-0.39, 0.29) is 11.9 Å². The van der Waals surface area contributed by atoms with Gasteiger partial charge in [0, 0.05) is 25.0 Å². The number of amides is 1. The van der Waals surface area contributed by atoms with Gasteiger partial charge in [-0.05, 0) is 31.7 Å². The average molecular weight is 285 g/mol. The third kappa shape index (κ3) is 2.99. The molecule has 2 rings (SSSR count). The molecule has 4 heteroatoms. The molecule has 0 aliphatic rings. The SMILES string of the molecule is CCC(C)N(CC)C(=O)c1cc2ccccc2c(NC)n1. The summed E-state index contributed by atoms with van der Waals surface area (Å²) in [7, 11) is 1.83. The van der Waals surface area contributed by atoms with Gasteiger partial charge in [0.05, 0.1) is 0 Å². The number of hydrogen-bond acceptors (Lipinski definition) is 3. The number of fused-ring (bicyclic) bond motifs is 1. The van der Waals surface area contributed by atoms with Crippen molar-refractivity contribution >= 4 is 22.5 Å². The van der Waals surface area contributed by atoms with Crippen molar-refractivity contribution in [3.63, 3.8) is 0 Å². The Morgan fingerprint density at radius 3 is 2.67 bits per heavy atom. The Hall–Kier alpha value is -2.10. The van der Waals surface area contributed by atoms with Gasteiger partial charge in [0.1, 0.15) is 11.5 Å². The van der Waals surface area contributed by atoms with E-state index in [0.29, 0.717) is 12.2 Å². The molecular weight excluding hydrogens is 262 g/mol. The zero-order valence-electron chi connectivity index (χ0n) is 13.2. The maximum atomic E-state index is 12.7. The van der Waals surface area contributed by atoms with Gasteiger partial charge < -0.3 is 10.2 Å². The third-order valence-electron chi connectivity index (χ3n) is 3.92. The van der Waals surface area contributed by atoms with Crippen molar-refractivity contribution in [2.24, 2.45) is 0 Å². The second-order valence-corrected chi connectivity index (χ2v) is 5.18. The first-order chi connectivity index (χ1) is 10.1. The van der Waals surface area contributed by atoms with Crippen LogP contribution in [0.25, 0.3) is 10.8 Å². The average Bonchev–Trinajstić information content (AvgIpc) is 2.53. The number of nitrogens with zero attached hydrogens (tertiary/aromatic N) is 2. The number of hydrogen-bond donors (Lipinski definition) is 1. The van der Waals surface area contributed by atoms with Crippen molar-refractivity contribution < 1.29 is 4.79 Å². The minimum atomic E-state index is -0.00546. The normalized spacial score (nSPS) is 12.2. The van der Waals surface area contributed by atoms with Crippen molar-refractivity contribution in [3.8, 4) is 0 Å². The summed E-state index contributed by atoms with van der Waals surface area (Å²) in [5, 5.41) is 5.14. The van der Waals surface area contributed by atoms with Crippen LogP contribution in [0.3, 0.4) is 0 Å². The van der Waals surface area contributed by atoms with Gasteiger partial charge in [-0.2, -0.15) is 0 Å². The molecule has 2 aromatic rings. The Balaban J connectivity index is 2.48. The van der Waals surface area contributed by atoms with E-state index in [2.05, 4.69) is 24.1 Å². The Bertz CT molecular complexity index is 639. The number of rotatable bonds is 5. The van der Waals surface area contributed by atoms with Crippen LogP contribution in [-0.2, 0) is 0 Å². The summed E-state index contributed by atoms with van der Waals surface area (Å²) >= 11 is 0. The monoisotopic (exact) mass is 285 g/mol. The minimum Gasteiger partial charge on any atom is -0.373 e. The Kier molecular flexibility index (Phi) is 4.78. The molecule has 1 atom stereocenters. The third-order valence-corrected chi connectivity index (χ3v) is 3.92. The van der Waals surface area contributed by atoms with Crippen LogP contribution in [0.4, 0.5) is 5.82 Å². The van der Waals surface area contributed by atoms with Gasteiger partial charge in [0.15, 0.2) is 0 Å². The molecule has 0 saturated carbocycles. The highest BCUT2D eigenvalue weighted by molar-refractivity contribution is 6.00. The summed E-state index contributed by atoms with van der Waals surface area (Å²) in [6, 6.07) is 10.1. The lowest BCUT2D eigenvalue weighted by Crippen LogP contribution is -2.38. The van der Waals surface area contributed by atoms with Gasteiger partial charge in [-0.25, -0.2) is 4.98 Å². The largest absolute Gasteiger partial charge is 0.373 e. The Morgan fingerprint density at radius 2 is 2.05 bits per heavy atom. The Morgan fingerprint density at radius 1 is 1.33 bits per heavy atom. The molecule has 1 unspecified atom stereocenters. The molecule has 0 aliphatic heterocycles. The smallest absolute Gasteiger partial charge is 0.272 e. The highest BCUT2D eigenvalue weighted by atomic mass is 16.2. The number of aromatic nitrogens is 1. The van der Waals surface area contributed by atoms with Crippen LogP contribution in [0.15, 0.2) is 30.3 Å². The number of carbonyl (C=O) groups excluding carboxylic acids is 1. The number of anilines is 1. The van der Waals surface area contributed by atoms with E-state index in [4.69, 9.17) is 0 Å². The van der Waals surface area contributed by atoms with Crippen LogP contribution in [0, 0.1) is 0 Å². The quantitative estimate of drug-likeness (QED) is 0.914. The standard InChI is InChI=1S/C17H23N3O/c1-5-12(3)20(6-2)17(21)15-11-13-9-7-8-10-14(13)16(18-4)19-15/h7-12H,5-6H2,1-4H3,(H,18,19).